The summed E-state index contributed by atoms with van der Waals surface area (Å²) in [6.07, 6.45) is 4.58. The predicted octanol–water partition coefficient (Wildman–Crippen LogP) is 5.07. The Morgan fingerprint density at radius 2 is 1.67 bits per heavy atom. The average Bonchev–Trinajstić information content (AvgIpc) is 2.64. The molecule has 2 nitrogen and oxygen atoms in total. The highest BCUT2D eigenvalue weighted by Gasteiger charge is 2.36. The second-order valence-electron chi connectivity index (χ2n) is 8.11. The van der Waals surface area contributed by atoms with Crippen molar-refractivity contribution >= 4 is 15.9 Å². The van der Waals surface area contributed by atoms with Gasteiger partial charge in [0.1, 0.15) is 0 Å². The van der Waals surface area contributed by atoms with Crippen LogP contribution in [0.4, 0.5) is 0 Å². The maximum atomic E-state index is 3.63. The molecule has 3 heterocycles. The molecule has 2 aromatic rings. The van der Waals surface area contributed by atoms with Crippen molar-refractivity contribution in [3.05, 3.63) is 81.3 Å². The fraction of sp³-hybridized carbons (Fsp3) is 0.417. The second kappa shape index (κ2) is 8.30. The quantitative estimate of drug-likeness (QED) is 0.632. The van der Waals surface area contributed by atoms with E-state index in [1.165, 1.54) is 15.6 Å². The van der Waals surface area contributed by atoms with Gasteiger partial charge in [0.05, 0.1) is 0 Å². The van der Waals surface area contributed by atoms with Crippen LogP contribution in [0.1, 0.15) is 30.5 Å². The second-order valence-corrected chi connectivity index (χ2v) is 9.02. The van der Waals surface area contributed by atoms with Crippen molar-refractivity contribution in [1.29, 1.82) is 0 Å². The molecule has 1 fully saturated rings. The maximum Gasteiger partial charge on any atom is 0.0268 e. The first kappa shape index (κ1) is 18.9. The summed E-state index contributed by atoms with van der Waals surface area (Å²) in [6, 6.07) is 19.0. The Morgan fingerprint density at radius 1 is 1.00 bits per heavy atom. The Kier molecular flexibility index (Phi) is 5.82. The summed E-state index contributed by atoms with van der Waals surface area (Å²) in [6.45, 7) is 8.89. The molecule has 2 aromatic carbocycles. The molecule has 142 valence electrons. The normalized spacial score (nSPS) is 23.7. The lowest BCUT2D eigenvalue weighted by atomic mass is 9.87. The SMILES string of the molecule is C/C=C(\C)CN1CC2Cc3ccccc3CC1CN2Cc1cccc(Br)c1. The molecule has 5 rings (SSSR count). The third-order valence-electron chi connectivity index (χ3n) is 6.17. The highest BCUT2D eigenvalue weighted by atomic mass is 79.9. The van der Waals surface area contributed by atoms with Gasteiger partial charge >= 0.3 is 0 Å². The Balaban J connectivity index is 1.62. The number of halogens is 1. The summed E-state index contributed by atoms with van der Waals surface area (Å²) >= 11 is 3.63. The minimum absolute atomic E-state index is 0.575. The van der Waals surface area contributed by atoms with E-state index in [9.17, 15) is 0 Å². The number of hydrogen-bond acceptors (Lipinski definition) is 2. The van der Waals surface area contributed by atoms with Crippen LogP contribution in [-0.4, -0.2) is 41.5 Å². The van der Waals surface area contributed by atoms with Crippen LogP contribution in [0.2, 0.25) is 0 Å². The standard InChI is InChI=1S/C24H29BrN2/c1-3-18(2)14-26-16-24-13-21-9-5-4-8-20(21)12-23(26)17-27(24)15-19-7-6-10-22(25)11-19/h3-11,23-24H,12-17H2,1-2H3/b18-3+. The largest absolute Gasteiger partial charge is 0.293 e. The van der Waals surface area contributed by atoms with Crippen LogP contribution in [0.25, 0.3) is 0 Å². The van der Waals surface area contributed by atoms with Crippen LogP contribution in [0, 0.1) is 0 Å². The summed E-state index contributed by atoms with van der Waals surface area (Å²) in [5.74, 6) is 0. The fourth-order valence-corrected chi connectivity index (χ4v) is 5.04. The van der Waals surface area contributed by atoms with E-state index in [0.717, 1.165) is 39.0 Å². The predicted molar refractivity (Wildman–Crippen MR) is 117 cm³/mol. The monoisotopic (exact) mass is 424 g/mol. The van der Waals surface area contributed by atoms with Gasteiger partial charge in [-0.1, -0.05) is 64.0 Å². The van der Waals surface area contributed by atoms with E-state index in [0.29, 0.717) is 12.1 Å². The molecule has 0 N–H and O–H groups in total. The lowest BCUT2D eigenvalue weighted by Crippen LogP contribution is -2.60. The van der Waals surface area contributed by atoms with Crippen molar-refractivity contribution in [3.63, 3.8) is 0 Å². The molecule has 3 heteroatoms. The van der Waals surface area contributed by atoms with E-state index >= 15 is 0 Å². The third-order valence-corrected chi connectivity index (χ3v) is 6.67. The van der Waals surface area contributed by atoms with Crippen molar-refractivity contribution in [1.82, 2.24) is 9.80 Å². The summed E-state index contributed by atoms with van der Waals surface area (Å²) in [4.78, 5) is 5.46. The number of fused-ring (bicyclic) bond motifs is 2. The van der Waals surface area contributed by atoms with Crippen LogP contribution in [0.15, 0.2) is 64.7 Å². The lowest BCUT2D eigenvalue weighted by molar-refractivity contribution is 0.0242. The zero-order chi connectivity index (χ0) is 18.8. The minimum atomic E-state index is 0.575. The number of rotatable bonds is 4. The molecule has 0 aliphatic carbocycles. The molecular weight excluding hydrogens is 396 g/mol. The summed E-state index contributed by atoms with van der Waals surface area (Å²) in [5.41, 5.74) is 5.99. The Morgan fingerprint density at radius 3 is 2.33 bits per heavy atom. The lowest BCUT2D eigenvalue weighted by Gasteiger charge is -2.49. The van der Waals surface area contributed by atoms with Gasteiger partial charge in [0, 0.05) is 42.7 Å². The minimum Gasteiger partial charge on any atom is -0.293 e. The molecule has 1 saturated heterocycles. The van der Waals surface area contributed by atoms with Gasteiger partial charge in [-0.15, -0.1) is 0 Å². The van der Waals surface area contributed by atoms with Gasteiger partial charge in [-0.3, -0.25) is 9.80 Å². The van der Waals surface area contributed by atoms with Crippen LogP contribution < -0.4 is 0 Å². The first-order chi connectivity index (χ1) is 13.1. The van der Waals surface area contributed by atoms with Gasteiger partial charge < -0.3 is 0 Å². The van der Waals surface area contributed by atoms with Crippen LogP contribution in [0.3, 0.4) is 0 Å². The fourth-order valence-electron chi connectivity index (χ4n) is 4.59. The molecule has 27 heavy (non-hydrogen) atoms. The molecule has 3 aliphatic heterocycles. The highest BCUT2D eigenvalue weighted by Crippen LogP contribution is 2.29. The van der Waals surface area contributed by atoms with E-state index < -0.39 is 0 Å². The van der Waals surface area contributed by atoms with Crippen molar-refractivity contribution < 1.29 is 0 Å². The van der Waals surface area contributed by atoms with E-state index in [1.54, 1.807) is 11.1 Å². The Hall–Kier alpha value is -1.42. The average molecular weight is 425 g/mol. The van der Waals surface area contributed by atoms with E-state index in [1.807, 2.05) is 0 Å². The van der Waals surface area contributed by atoms with E-state index in [4.69, 9.17) is 0 Å². The number of piperazine rings is 1. The van der Waals surface area contributed by atoms with Gasteiger partial charge in [0.25, 0.3) is 0 Å². The highest BCUT2D eigenvalue weighted by molar-refractivity contribution is 9.10. The molecule has 3 aliphatic rings. The molecule has 0 radical (unpaired) electrons. The van der Waals surface area contributed by atoms with Crippen LogP contribution in [0.5, 0.6) is 0 Å². The molecule has 0 aromatic heterocycles. The number of nitrogens with zero attached hydrogens (tertiary/aromatic N) is 2. The smallest absolute Gasteiger partial charge is 0.0268 e. The summed E-state index contributed by atoms with van der Waals surface area (Å²) < 4.78 is 1.17. The first-order valence-corrected chi connectivity index (χ1v) is 10.8. The van der Waals surface area contributed by atoms with Crippen molar-refractivity contribution in [3.8, 4) is 0 Å². The molecule has 0 amide bonds. The van der Waals surface area contributed by atoms with Gasteiger partial charge in [0.15, 0.2) is 0 Å². The topological polar surface area (TPSA) is 6.48 Å². The molecule has 2 atom stereocenters. The molecular formula is C24H29BrN2. The summed E-state index contributed by atoms with van der Waals surface area (Å²) in [5, 5.41) is 0. The van der Waals surface area contributed by atoms with Gasteiger partial charge in [-0.2, -0.15) is 0 Å². The molecule has 2 bridgehead atoms. The molecule has 2 unspecified atom stereocenters. The van der Waals surface area contributed by atoms with Crippen molar-refractivity contribution in [2.45, 2.75) is 45.3 Å². The van der Waals surface area contributed by atoms with Gasteiger partial charge in [-0.25, -0.2) is 0 Å². The number of hydrogen-bond donors (Lipinski definition) is 0. The first-order valence-electron chi connectivity index (χ1n) is 10.0. The van der Waals surface area contributed by atoms with E-state index in [2.05, 4.69) is 94.2 Å². The van der Waals surface area contributed by atoms with Gasteiger partial charge in [-0.05, 0) is 55.5 Å². The third kappa shape index (κ3) is 4.37. The Bertz CT molecular complexity index is 829. The van der Waals surface area contributed by atoms with Crippen LogP contribution in [-0.2, 0) is 19.4 Å². The van der Waals surface area contributed by atoms with Crippen molar-refractivity contribution in [2.75, 3.05) is 19.6 Å². The molecule has 0 saturated carbocycles. The van der Waals surface area contributed by atoms with Gasteiger partial charge in [0.2, 0.25) is 0 Å². The molecule has 0 spiro atoms. The number of benzene rings is 2. The Labute approximate surface area is 172 Å². The zero-order valence-corrected chi connectivity index (χ0v) is 18.0. The van der Waals surface area contributed by atoms with Crippen molar-refractivity contribution in [2.24, 2.45) is 0 Å². The van der Waals surface area contributed by atoms with E-state index in [-0.39, 0.29) is 0 Å². The van der Waals surface area contributed by atoms with Crippen LogP contribution >= 0.6 is 15.9 Å². The maximum absolute atomic E-state index is 3.63. The zero-order valence-electron chi connectivity index (χ0n) is 16.4. The number of allylic oxidation sites excluding steroid dienone is 1. The summed E-state index contributed by atoms with van der Waals surface area (Å²) in [7, 11) is 0.